The second kappa shape index (κ2) is 4.52. The molecule has 0 aliphatic carbocycles. The first-order valence-corrected chi connectivity index (χ1v) is 6.38. The van der Waals surface area contributed by atoms with Crippen LogP contribution < -0.4 is 5.32 Å². The lowest BCUT2D eigenvalue weighted by Crippen LogP contribution is -2.31. The Morgan fingerprint density at radius 2 is 2.10 bits per heavy atom. The predicted octanol–water partition coefficient (Wildman–Crippen LogP) is 1.61. The molecule has 0 bridgehead atoms. The molecule has 5 heteroatoms. The molecule has 102 valence electrons. The largest absolute Gasteiger partial charge is 0.509 e. The number of benzene rings is 1. The number of H-pyrrole nitrogens is 1. The summed E-state index contributed by atoms with van der Waals surface area (Å²) < 4.78 is 0. The minimum Gasteiger partial charge on any atom is -0.509 e. The van der Waals surface area contributed by atoms with Crippen LogP contribution in [0.15, 0.2) is 41.7 Å². The number of hydrogen-bond donors (Lipinski definition) is 3. The van der Waals surface area contributed by atoms with Crippen LogP contribution in [0.1, 0.15) is 12.6 Å². The number of hydrogen-bond acceptors (Lipinski definition) is 3. The highest BCUT2D eigenvalue weighted by Gasteiger charge is 2.34. The molecule has 3 rings (SSSR count). The van der Waals surface area contributed by atoms with Gasteiger partial charge in [0.2, 0.25) is 0 Å². The molecule has 0 radical (unpaired) electrons. The topological polar surface area (TPSA) is 82.2 Å². The fourth-order valence-corrected chi connectivity index (χ4v) is 2.54. The molecule has 0 saturated carbocycles. The monoisotopic (exact) mass is 270 g/mol. The van der Waals surface area contributed by atoms with Gasteiger partial charge in [-0.15, -0.1) is 0 Å². The van der Waals surface area contributed by atoms with Crippen molar-refractivity contribution in [3.05, 3.63) is 47.4 Å². The maximum absolute atomic E-state index is 11.6. The fourth-order valence-electron chi connectivity index (χ4n) is 2.54. The zero-order valence-electron chi connectivity index (χ0n) is 10.9. The third-order valence-electron chi connectivity index (χ3n) is 3.48. The number of aromatic nitrogens is 1. The Morgan fingerprint density at radius 1 is 1.35 bits per heavy atom. The lowest BCUT2D eigenvalue weighted by molar-refractivity contribution is -0.121. The standard InChI is InChI=1S/C15H14N2O3/c1-8(18)13-14(19)12(17-15(13)20)7-10-6-9-4-2-3-5-11(9)16-10/h2-6,12,16,19H,7H2,1H3,(H,17,20). The summed E-state index contributed by atoms with van der Waals surface area (Å²) in [6, 6.07) is 9.26. The van der Waals surface area contributed by atoms with Gasteiger partial charge in [-0.2, -0.15) is 0 Å². The number of rotatable bonds is 3. The molecular formula is C15H14N2O3. The van der Waals surface area contributed by atoms with Crippen molar-refractivity contribution in [1.29, 1.82) is 0 Å². The van der Waals surface area contributed by atoms with Gasteiger partial charge in [0, 0.05) is 17.6 Å². The lowest BCUT2D eigenvalue weighted by atomic mass is 10.1. The number of para-hydroxylation sites is 1. The van der Waals surface area contributed by atoms with Crippen molar-refractivity contribution in [1.82, 2.24) is 10.3 Å². The molecule has 1 aromatic heterocycles. The first kappa shape index (κ1) is 12.5. The van der Waals surface area contributed by atoms with Crippen LogP contribution in [0.3, 0.4) is 0 Å². The maximum Gasteiger partial charge on any atom is 0.259 e. The van der Waals surface area contributed by atoms with Crippen LogP contribution in [-0.2, 0) is 16.0 Å². The smallest absolute Gasteiger partial charge is 0.259 e. The number of aliphatic hydroxyl groups excluding tert-OH is 1. The van der Waals surface area contributed by atoms with Crippen molar-refractivity contribution in [2.75, 3.05) is 0 Å². The normalized spacial score (nSPS) is 18.6. The van der Waals surface area contributed by atoms with Crippen molar-refractivity contribution < 1.29 is 14.7 Å². The Balaban J connectivity index is 1.88. The number of aromatic amines is 1. The molecule has 1 atom stereocenters. The van der Waals surface area contributed by atoms with E-state index in [1.54, 1.807) is 0 Å². The molecule has 1 unspecified atom stereocenters. The highest BCUT2D eigenvalue weighted by molar-refractivity contribution is 6.20. The number of aliphatic hydroxyl groups is 1. The van der Waals surface area contributed by atoms with Gasteiger partial charge in [-0.3, -0.25) is 9.59 Å². The Kier molecular flexibility index (Phi) is 2.82. The molecular weight excluding hydrogens is 256 g/mol. The van der Waals surface area contributed by atoms with Crippen molar-refractivity contribution in [2.45, 2.75) is 19.4 Å². The summed E-state index contributed by atoms with van der Waals surface area (Å²) in [7, 11) is 0. The van der Waals surface area contributed by atoms with E-state index in [4.69, 9.17) is 0 Å². The van der Waals surface area contributed by atoms with Crippen molar-refractivity contribution >= 4 is 22.6 Å². The third-order valence-corrected chi connectivity index (χ3v) is 3.48. The summed E-state index contributed by atoms with van der Waals surface area (Å²) in [4.78, 5) is 26.2. The van der Waals surface area contributed by atoms with Crippen LogP contribution in [0.2, 0.25) is 0 Å². The Labute approximate surface area is 115 Å². The van der Waals surface area contributed by atoms with E-state index < -0.39 is 17.7 Å². The van der Waals surface area contributed by atoms with Gasteiger partial charge in [-0.1, -0.05) is 18.2 Å². The molecule has 5 nitrogen and oxygen atoms in total. The van der Waals surface area contributed by atoms with Crippen LogP contribution >= 0.6 is 0 Å². The van der Waals surface area contributed by atoms with Gasteiger partial charge < -0.3 is 15.4 Å². The van der Waals surface area contributed by atoms with Crippen molar-refractivity contribution in [3.8, 4) is 0 Å². The van der Waals surface area contributed by atoms with Gasteiger partial charge in [0.25, 0.3) is 5.91 Å². The fraction of sp³-hybridized carbons (Fsp3) is 0.200. The van der Waals surface area contributed by atoms with Crippen LogP contribution in [0.5, 0.6) is 0 Å². The van der Waals surface area contributed by atoms with Gasteiger partial charge in [-0.05, 0) is 24.4 Å². The Morgan fingerprint density at radius 3 is 2.75 bits per heavy atom. The molecule has 0 saturated heterocycles. The summed E-state index contributed by atoms with van der Waals surface area (Å²) in [5.41, 5.74) is 1.76. The number of nitrogens with one attached hydrogen (secondary N) is 2. The molecule has 2 aromatic rings. The average Bonchev–Trinajstić information content (AvgIpc) is 2.90. The Hall–Kier alpha value is -2.56. The predicted molar refractivity (Wildman–Crippen MR) is 74.3 cm³/mol. The first-order chi connectivity index (χ1) is 9.56. The van der Waals surface area contributed by atoms with Gasteiger partial charge in [-0.25, -0.2) is 0 Å². The number of ketones is 1. The molecule has 3 N–H and O–H groups in total. The zero-order valence-corrected chi connectivity index (χ0v) is 10.9. The molecule has 1 amide bonds. The first-order valence-electron chi connectivity index (χ1n) is 6.38. The van der Waals surface area contributed by atoms with E-state index in [0.717, 1.165) is 16.6 Å². The van der Waals surface area contributed by atoms with E-state index in [1.165, 1.54) is 6.92 Å². The number of carbonyl (C=O) groups is 2. The second-order valence-corrected chi connectivity index (χ2v) is 4.93. The second-order valence-electron chi connectivity index (χ2n) is 4.93. The van der Waals surface area contributed by atoms with E-state index in [-0.39, 0.29) is 11.3 Å². The van der Waals surface area contributed by atoms with Crippen molar-refractivity contribution in [3.63, 3.8) is 0 Å². The summed E-state index contributed by atoms with van der Waals surface area (Å²) in [6.45, 7) is 1.27. The number of amides is 1. The highest BCUT2D eigenvalue weighted by Crippen LogP contribution is 2.21. The zero-order chi connectivity index (χ0) is 14.3. The minimum atomic E-state index is -0.547. The molecule has 0 fully saturated rings. The van der Waals surface area contributed by atoms with Crippen LogP contribution in [0.25, 0.3) is 10.9 Å². The summed E-state index contributed by atoms with van der Waals surface area (Å²) >= 11 is 0. The molecule has 2 heterocycles. The molecule has 1 aromatic carbocycles. The lowest BCUT2D eigenvalue weighted by Gasteiger charge is -2.09. The van der Waals surface area contributed by atoms with Crippen LogP contribution in [0.4, 0.5) is 0 Å². The minimum absolute atomic E-state index is 0.133. The van der Waals surface area contributed by atoms with Gasteiger partial charge in [0.05, 0.1) is 6.04 Å². The molecule has 1 aliphatic rings. The van der Waals surface area contributed by atoms with Gasteiger partial charge >= 0.3 is 0 Å². The van der Waals surface area contributed by atoms with E-state index in [9.17, 15) is 14.7 Å². The van der Waals surface area contributed by atoms with Gasteiger partial charge in [0.15, 0.2) is 5.78 Å². The Bertz CT molecular complexity index is 709. The molecule has 20 heavy (non-hydrogen) atoms. The summed E-state index contributed by atoms with van der Waals surface area (Å²) in [5, 5.41) is 13.7. The quantitative estimate of drug-likeness (QED) is 0.741. The van der Waals surface area contributed by atoms with Gasteiger partial charge in [0.1, 0.15) is 11.3 Å². The molecule has 0 spiro atoms. The van der Waals surface area contributed by atoms with E-state index in [0.29, 0.717) is 6.42 Å². The highest BCUT2D eigenvalue weighted by atomic mass is 16.3. The summed E-state index contributed by atoms with van der Waals surface area (Å²) in [5.74, 6) is -1.09. The van der Waals surface area contributed by atoms with E-state index in [2.05, 4.69) is 10.3 Å². The third kappa shape index (κ3) is 1.97. The number of carbonyl (C=O) groups excluding carboxylic acids is 2. The van der Waals surface area contributed by atoms with Crippen LogP contribution in [0, 0.1) is 0 Å². The SMILES string of the molecule is CC(=O)C1=C(O)C(Cc2cc3ccccc3[nH]2)NC1=O. The molecule has 1 aliphatic heterocycles. The summed E-state index contributed by atoms with van der Waals surface area (Å²) in [6.07, 6.45) is 0.420. The van der Waals surface area contributed by atoms with E-state index >= 15 is 0 Å². The van der Waals surface area contributed by atoms with Crippen LogP contribution in [-0.4, -0.2) is 27.8 Å². The maximum atomic E-state index is 11.6. The number of Topliss-reactive ketones (excluding diaryl/α,β-unsaturated/α-hetero) is 1. The number of fused-ring (bicyclic) bond motifs is 1. The van der Waals surface area contributed by atoms with E-state index in [1.807, 2.05) is 30.3 Å². The average molecular weight is 270 g/mol. The van der Waals surface area contributed by atoms with Crippen molar-refractivity contribution in [2.24, 2.45) is 0 Å².